The summed E-state index contributed by atoms with van der Waals surface area (Å²) in [5.41, 5.74) is 0.231. The summed E-state index contributed by atoms with van der Waals surface area (Å²) in [4.78, 5) is 13.7. The van der Waals surface area contributed by atoms with Gasteiger partial charge < -0.3 is 4.90 Å². The highest BCUT2D eigenvalue weighted by Crippen LogP contribution is 2.13. The molecule has 0 N–H and O–H groups in total. The lowest BCUT2D eigenvalue weighted by molar-refractivity contribution is 0.0969. The number of nitrogens with zero attached hydrogens (tertiary/aromatic N) is 1. The zero-order valence-corrected chi connectivity index (χ0v) is 10.3. The lowest BCUT2D eigenvalue weighted by atomic mass is 10.0. The van der Waals surface area contributed by atoms with Crippen LogP contribution in [0.5, 0.6) is 0 Å². The summed E-state index contributed by atoms with van der Waals surface area (Å²) in [6.07, 6.45) is 1.04. The molecule has 4 heteroatoms. The lowest BCUT2D eigenvalue weighted by Gasteiger charge is -2.18. The van der Waals surface area contributed by atoms with Crippen LogP contribution in [0.15, 0.2) is 18.2 Å². The van der Waals surface area contributed by atoms with E-state index in [-0.39, 0.29) is 17.4 Å². The molecule has 0 aliphatic heterocycles. The minimum absolute atomic E-state index is 0.155. The molecule has 1 atom stereocenters. The number of Topliss-reactive ketones (excluding diaryl/α,β-unsaturated/α-hetero) is 1. The average molecular weight is 241 g/mol. The summed E-state index contributed by atoms with van der Waals surface area (Å²) < 4.78 is 25.6. The van der Waals surface area contributed by atoms with Crippen molar-refractivity contribution >= 4 is 5.78 Å². The zero-order chi connectivity index (χ0) is 13.0. The van der Waals surface area contributed by atoms with Crippen LogP contribution in [0.25, 0.3) is 0 Å². The van der Waals surface area contributed by atoms with Crippen LogP contribution in [0.1, 0.15) is 30.1 Å². The molecule has 0 heterocycles. The minimum Gasteiger partial charge on any atom is -0.307 e. The Kier molecular flexibility index (Phi) is 4.75. The van der Waals surface area contributed by atoms with Crippen LogP contribution < -0.4 is 0 Å². The van der Waals surface area contributed by atoms with Gasteiger partial charge in [0.05, 0.1) is 0 Å². The van der Waals surface area contributed by atoms with Crippen molar-refractivity contribution in [1.82, 2.24) is 4.90 Å². The van der Waals surface area contributed by atoms with Crippen molar-refractivity contribution in [1.29, 1.82) is 0 Å². The van der Waals surface area contributed by atoms with Crippen LogP contribution in [0.4, 0.5) is 8.78 Å². The number of halogens is 2. The summed E-state index contributed by atoms with van der Waals surface area (Å²) in [6.45, 7) is 2.01. The second-order valence-electron chi connectivity index (χ2n) is 4.40. The first kappa shape index (κ1) is 13.8. The molecule has 1 unspecified atom stereocenters. The van der Waals surface area contributed by atoms with Gasteiger partial charge in [0.2, 0.25) is 0 Å². The number of benzene rings is 1. The Bertz CT molecular complexity index is 404. The van der Waals surface area contributed by atoms with Crippen molar-refractivity contribution < 1.29 is 13.6 Å². The molecule has 0 spiro atoms. The number of hydrogen-bond donors (Lipinski definition) is 0. The van der Waals surface area contributed by atoms with E-state index in [2.05, 4.69) is 0 Å². The Balaban J connectivity index is 2.61. The minimum atomic E-state index is -0.975. The highest BCUT2D eigenvalue weighted by Gasteiger charge is 2.12. The molecule has 1 aromatic rings. The first-order valence-electron chi connectivity index (χ1n) is 5.56. The van der Waals surface area contributed by atoms with Crippen LogP contribution in [-0.2, 0) is 0 Å². The Hall–Kier alpha value is -1.29. The molecule has 0 aliphatic rings. The first-order chi connectivity index (χ1) is 7.91. The quantitative estimate of drug-likeness (QED) is 0.739. The third-order valence-corrected chi connectivity index (χ3v) is 2.91. The van der Waals surface area contributed by atoms with E-state index in [1.165, 1.54) is 6.07 Å². The molecule has 0 aliphatic carbocycles. The summed E-state index contributed by atoms with van der Waals surface area (Å²) >= 11 is 0. The fraction of sp³-hybridized carbons (Fsp3) is 0.462. The highest BCUT2D eigenvalue weighted by molar-refractivity contribution is 5.96. The van der Waals surface area contributed by atoms with Gasteiger partial charge in [-0.15, -0.1) is 0 Å². The lowest BCUT2D eigenvalue weighted by Crippen LogP contribution is -2.25. The second kappa shape index (κ2) is 5.87. The average Bonchev–Trinajstić information content (AvgIpc) is 2.28. The normalized spacial score (nSPS) is 12.8. The molecule has 0 radical (unpaired) electrons. The number of ketones is 1. The molecule has 17 heavy (non-hydrogen) atoms. The van der Waals surface area contributed by atoms with Gasteiger partial charge in [-0.25, -0.2) is 8.78 Å². The fourth-order valence-corrected chi connectivity index (χ4v) is 1.41. The van der Waals surface area contributed by atoms with E-state index < -0.39 is 11.6 Å². The molecule has 1 aromatic carbocycles. The van der Waals surface area contributed by atoms with Crippen molar-refractivity contribution in [3.05, 3.63) is 35.4 Å². The van der Waals surface area contributed by atoms with Gasteiger partial charge in [0.15, 0.2) is 17.4 Å². The van der Waals surface area contributed by atoms with Gasteiger partial charge >= 0.3 is 0 Å². The SMILES string of the molecule is CC(CCC(=O)c1ccc(F)c(F)c1)N(C)C. The van der Waals surface area contributed by atoms with Crippen molar-refractivity contribution in [2.75, 3.05) is 14.1 Å². The van der Waals surface area contributed by atoms with Gasteiger partial charge in [-0.05, 0) is 45.6 Å². The van der Waals surface area contributed by atoms with E-state index in [9.17, 15) is 13.6 Å². The molecular weight excluding hydrogens is 224 g/mol. The largest absolute Gasteiger partial charge is 0.307 e. The van der Waals surface area contributed by atoms with E-state index in [0.29, 0.717) is 12.8 Å². The third kappa shape index (κ3) is 3.89. The summed E-state index contributed by atoms with van der Waals surface area (Å²) in [5.74, 6) is -2.06. The van der Waals surface area contributed by atoms with Crippen molar-refractivity contribution in [2.45, 2.75) is 25.8 Å². The van der Waals surface area contributed by atoms with E-state index in [1.54, 1.807) is 0 Å². The van der Waals surface area contributed by atoms with Crippen LogP contribution in [0.3, 0.4) is 0 Å². The van der Waals surface area contributed by atoms with Crippen LogP contribution in [0.2, 0.25) is 0 Å². The number of rotatable bonds is 5. The highest BCUT2D eigenvalue weighted by atomic mass is 19.2. The molecule has 2 nitrogen and oxygen atoms in total. The fourth-order valence-electron chi connectivity index (χ4n) is 1.41. The third-order valence-electron chi connectivity index (χ3n) is 2.91. The van der Waals surface area contributed by atoms with Gasteiger partial charge in [0.1, 0.15) is 0 Å². The topological polar surface area (TPSA) is 20.3 Å². The van der Waals surface area contributed by atoms with E-state index in [1.807, 2.05) is 25.9 Å². The number of carbonyl (C=O) groups is 1. The monoisotopic (exact) mass is 241 g/mol. The smallest absolute Gasteiger partial charge is 0.163 e. The molecule has 0 bridgehead atoms. The molecule has 94 valence electrons. The van der Waals surface area contributed by atoms with Gasteiger partial charge in [-0.1, -0.05) is 0 Å². The summed E-state index contributed by atoms with van der Waals surface area (Å²) in [6, 6.07) is 3.54. The van der Waals surface area contributed by atoms with Crippen LogP contribution in [0, 0.1) is 11.6 Å². The molecular formula is C13H17F2NO. The summed E-state index contributed by atoms with van der Waals surface area (Å²) in [5, 5.41) is 0. The Morgan fingerprint density at radius 1 is 1.29 bits per heavy atom. The molecule has 0 saturated heterocycles. The maximum Gasteiger partial charge on any atom is 0.163 e. The Morgan fingerprint density at radius 3 is 2.47 bits per heavy atom. The van der Waals surface area contributed by atoms with E-state index >= 15 is 0 Å². The molecule has 0 fully saturated rings. The maximum atomic E-state index is 12.9. The molecule has 0 saturated carbocycles. The Labute approximate surface area is 100 Å². The molecule has 1 rings (SSSR count). The maximum absolute atomic E-state index is 12.9. The van der Waals surface area contributed by atoms with Crippen LogP contribution >= 0.6 is 0 Å². The molecule has 0 amide bonds. The molecule has 0 aromatic heterocycles. The van der Waals surface area contributed by atoms with Gasteiger partial charge in [-0.3, -0.25) is 4.79 Å². The first-order valence-corrected chi connectivity index (χ1v) is 5.56. The van der Waals surface area contributed by atoms with Crippen LogP contribution in [-0.4, -0.2) is 30.8 Å². The zero-order valence-electron chi connectivity index (χ0n) is 10.3. The second-order valence-corrected chi connectivity index (χ2v) is 4.40. The number of carbonyl (C=O) groups excluding carboxylic acids is 1. The van der Waals surface area contributed by atoms with Crippen molar-refractivity contribution in [3.8, 4) is 0 Å². The standard InChI is InChI=1S/C13H17F2NO/c1-9(16(2)3)4-7-13(17)10-5-6-11(14)12(15)8-10/h5-6,8-9H,4,7H2,1-3H3. The van der Waals surface area contributed by atoms with E-state index in [0.717, 1.165) is 12.1 Å². The van der Waals surface area contributed by atoms with E-state index in [4.69, 9.17) is 0 Å². The predicted molar refractivity (Wildman–Crippen MR) is 63.1 cm³/mol. The van der Waals surface area contributed by atoms with Gasteiger partial charge in [-0.2, -0.15) is 0 Å². The van der Waals surface area contributed by atoms with Gasteiger partial charge in [0.25, 0.3) is 0 Å². The van der Waals surface area contributed by atoms with Crippen molar-refractivity contribution in [2.24, 2.45) is 0 Å². The summed E-state index contributed by atoms with van der Waals surface area (Å²) in [7, 11) is 3.87. The Morgan fingerprint density at radius 2 is 1.94 bits per heavy atom. The number of hydrogen-bond acceptors (Lipinski definition) is 2. The van der Waals surface area contributed by atoms with Gasteiger partial charge in [0, 0.05) is 18.0 Å². The van der Waals surface area contributed by atoms with Crippen molar-refractivity contribution in [3.63, 3.8) is 0 Å². The predicted octanol–water partition coefficient (Wildman–Crippen LogP) is 2.88.